The number of fused-ring (bicyclic) bond motifs is 3. The van der Waals surface area contributed by atoms with Gasteiger partial charge in [-0.25, -0.2) is 9.97 Å². The SMILES string of the molecule is CN1C(=O)C2(C)CCCN2c2nc(-n3ccnc3-c3ccccc3)ncc21. The van der Waals surface area contributed by atoms with Gasteiger partial charge < -0.3 is 9.80 Å². The lowest BCUT2D eigenvalue weighted by Crippen LogP contribution is -2.58. The van der Waals surface area contributed by atoms with E-state index < -0.39 is 5.54 Å². The zero-order valence-corrected chi connectivity index (χ0v) is 15.3. The van der Waals surface area contributed by atoms with Crippen molar-refractivity contribution in [1.82, 2.24) is 19.5 Å². The van der Waals surface area contributed by atoms with E-state index in [1.807, 2.05) is 48.0 Å². The van der Waals surface area contributed by atoms with Crippen LogP contribution in [-0.2, 0) is 4.79 Å². The van der Waals surface area contributed by atoms with Gasteiger partial charge in [-0.05, 0) is 19.8 Å². The van der Waals surface area contributed by atoms with Gasteiger partial charge in [-0.1, -0.05) is 30.3 Å². The van der Waals surface area contributed by atoms with Crippen LogP contribution in [0.4, 0.5) is 11.5 Å². The van der Waals surface area contributed by atoms with Crippen molar-refractivity contribution < 1.29 is 4.79 Å². The summed E-state index contributed by atoms with van der Waals surface area (Å²) in [6, 6.07) is 9.98. The molecule has 4 heterocycles. The quantitative estimate of drug-likeness (QED) is 0.703. The fourth-order valence-electron chi connectivity index (χ4n) is 4.17. The van der Waals surface area contributed by atoms with Gasteiger partial charge >= 0.3 is 0 Å². The number of anilines is 2. The van der Waals surface area contributed by atoms with E-state index >= 15 is 0 Å². The van der Waals surface area contributed by atoms with Crippen molar-refractivity contribution in [2.24, 2.45) is 0 Å². The van der Waals surface area contributed by atoms with E-state index in [4.69, 9.17) is 4.98 Å². The summed E-state index contributed by atoms with van der Waals surface area (Å²) in [5.74, 6) is 2.27. The molecule has 0 spiro atoms. The fraction of sp³-hybridized carbons (Fsp3) is 0.300. The van der Waals surface area contributed by atoms with Crippen molar-refractivity contribution in [3.63, 3.8) is 0 Å². The number of benzene rings is 1. The maximum Gasteiger partial charge on any atom is 0.252 e. The molecule has 1 amide bonds. The second kappa shape index (κ2) is 5.64. The third-order valence-corrected chi connectivity index (χ3v) is 5.65. The summed E-state index contributed by atoms with van der Waals surface area (Å²) in [5.41, 5.74) is 1.23. The molecule has 2 aliphatic heterocycles. The molecule has 7 heteroatoms. The number of hydrogen-bond acceptors (Lipinski definition) is 5. The second-order valence-electron chi connectivity index (χ2n) is 7.26. The van der Waals surface area contributed by atoms with E-state index in [0.717, 1.165) is 42.3 Å². The molecule has 1 saturated heterocycles. The Kier molecular flexibility index (Phi) is 3.34. The molecule has 136 valence electrons. The molecular weight excluding hydrogens is 340 g/mol. The van der Waals surface area contributed by atoms with Crippen LogP contribution in [0, 0.1) is 0 Å². The van der Waals surface area contributed by atoms with Gasteiger partial charge in [-0.15, -0.1) is 0 Å². The van der Waals surface area contributed by atoms with Crippen molar-refractivity contribution in [1.29, 1.82) is 0 Å². The fourth-order valence-corrected chi connectivity index (χ4v) is 4.17. The van der Waals surface area contributed by atoms with Gasteiger partial charge in [-0.2, -0.15) is 4.98 Å². The molecule has 1 fully saturated rings. The van der Waals surface area contributed by atoms with Crippen LogP contribution in [0.1, 0.15) is 19.8 Å². The first kappa shape index (κ1) is 16.0. The number of amides is 1. The first-order chi connectivity index (χ1) is 13.1. The molecule has 5 rings (SSSR count). The molecule has 1 atom stereocenters. The highest BCUT2D eigenvalue weighted by atomic mass is 16.2. The normalized spacial score (nSPS) is 21.3. The van der Waals surface area contributed by atoms with Crippen LogP contribution in [0.3, 0.4) is 0 Å². The molecule has 0 radical (unpaired) electrons. The molecule has 0 N–H and O–H groups in total. The Hall–Kier alpha value is -3.22. The number of carbonyl (C=O) groups excluding carboxylic acids is 1. The third-order valence-electron chi connectivity index (χ3n) is 5.65. The van der Waals surface area contributed by atoms with Gasteiger partial charge in [0.25, 0.3) is 5.91 Å². The summed E-state index contributed by atoms with van der Waals surface area (Å²) in [6.07, 6.45) is 7.18. The van der Waals surface area contributed by atoms with E-state index in [-0.39, 0.29) is 5.91 Å². The van der Waals surface area contributed by atoms with Gasteiger partial charge in [-0.3, -0.25) is 9.36 Å². The second-order valence-corrected chi connectivity index (χ2v) is 7.26. The summed E-state index contributed by atoms with van der Waals surface area (Å²) in [5, 5.41) is 0. The van der Waals surface area contributed by atoms with Crippen molar-refractivity contribution in [2.75, 3.05) is 23.4 Å². The Morgan fingerprint density at radius 2 is 1.96 bits per heavy atom. The number of imidazole rings is 1. The van der Waals surface area contributed by atoms with E-state index in [2.05, 4.69) is 14.9 Å². The maximum absolute atomic E-state index is 12.9. The van der Waals surface area contributed by atoms with Gasteiger partial charge in [0.05, 0.1) is 6.20 Å². The first-order valence-electron chi connectivity index (χ1n) is 9.11. The summed E-state index contributed by atoms with van der Waals surface area (Å²) in [4.78, 5) is 30.6. The lowest BCUT2D eigenvalue weighted by molar-refractivity contribution is -0.123. The van der Waals surface area contributed by atoms with Gasteiger partial charge in [0.1, 0.15) is 17.1 Å². The Balaban J connectivity index is 1.65. The Labute approximate surface area is 157 Å². The molecule has 27 heavy (non-hydrogen) atoms. The smallest absolute Gasteiger partial charge is 0.252 e. The Morgan fingerprint density at radius 3 is 2.78 bits per heavy atom. The lowest BCUT2D eigenvalue weighted by atomic mass is 9.94. The lowest BCUT2D eigenvalue weighted by Gasteiger charge is -2.43. The van der Waals surface area contributed by atoms with Crippen molar-refractivity contribution in [3.05, 3.63) is 48.9 Å². The minimum atomic E-state index is -0.523. The van der Waals surface area contributed by atoms with Crippen molar-refractivity contribution >= 4 is 17.4 Å². The molecule has 0 saturated carbocycles. The number of nitrogens with zero attached hydrogens (tertiary/aromatic N) is 6. The van der Waals surface area contributed by atoms with Crippen LogP contribution in [0.5, 0.6) is 0 Å². The van der Waals surface area contributed by atoms with Crippen LogP contribution >= 0.6 is 0 Å². The van der Waals surface area contributed by atoms with E-state index in [1.54, 1.807) is 24.3 Å². The summed E-state index contributed by atoms with van der Waals surface area (Å²) in [7, 11) is 1.80. The van der Waals surface area contributed by atoms with Crippen molar-refractivity contribution in [2.45, 2.75) is 25.3 Å². The minimum Gasteiger partial charge on any atom is -0.340 e. The average Bonchev–Trinajstić information content (AvgIpc) is 3.34. The summed E-state index contributed by atoms with van der Waals surface area (Å²) in [6.45, 7) is 2.84. The molecule has 7 nitrogen and oxygen atoms in total. The largest absolute Gasteiger partial charge is 0.340 e. The number of carbonyl (C=O) groups is 1. The molecule has 0 bridgehead atoms. The highest BCUT2D eigenvalue weighted by Gasteiger charge is 2.50. The first-order valence-corrected chi connectivity index (χ1v) is 9.11. The van der Waals surface area contributed by atoms with Crippen LogP contribution in [0.15, 0.2) is 48.9 Å². The van der Waals surface area contributed by atoms with Gasteiger partial charge in [0.15, 0.2) is 5.82 Å². The highest BCUT2D eigenvalue weighted by Crippen LogP contribution is 2.43. The van der Waals surface area contributed by atoms with Crippen molar-refractivity contribution in [3.8, 4) is 17.3 Å². The zero-order chi connectivity index (χ0) is 18.6. The van der Waals surface area contributed by atoms with Crippen LogP contribution in [0.2, 0.25) is 0 Å². The monoisotopic (exact) mass is 360 g/mol. The molecule has 2 aromatic heterocycles. The zero-order valence-electron chi connectivity index (χ0n) is 15.3. The predicted molar refractivity (Wildman–Crippen MR) is 103 cm³/mol. The number of hydrogen-bond donors (Lipinski definition) is 0. The van der Waals surface area contributed by atoms with Gasteiger partial charge in [0.2, 0.25) is 5.95 Å². The maximum atomic E-state index is 12.9. The molecule has 1 unspecified atom stereocenters. The molecule has 2 aliphatic rings. The summed E-state index contributed by atoms with van der Waals surface area (Å²) < 4.78 is 1.89. The third kappa shape index (κ3) is 2.21. The molecular formula is C20H20N6O. The summed E-state index contributed by atoms with van der Waals surface area (Å²) >= 11 is 0. The number of likely N-dealkylation sites (N-methyl/N-ethyl adjacent to an activating group) is 1. The van der Waals surface area contributed by atoms with Gasteiger partial charge in [0, 0.05) is 31.5 Å². The number of aromatic nitrogens is 4. The number of rotatable bonds is 2. The van der Waals surface area contributed by atoms with Crippen LogP contribution in [-0.4, -0.2) is 44.6 Å². The Morgan fingerprint density at radius 1 is 1.15 bits per heavy atom. The van der Waals surface area contributed by atoms with Crippen LogP contribution < -0.4 is 9.80 Å². The predicted octanol–water partition coefficient (Wildman–Crippen LogP) is 2.66. The standard InChI is InChI=1S/C20H20N6O/c1-20-9-6-11-26(20)17-15(24(2)18(20)27)13-22-19(23-17)25-12-10-21-16(25)14-7-4-3-5-8-14/h3-5,7-8,10,12-13H,6,9,11H2,1-2H3. The Bertz CT molecular complexity index is 1030. The highest BCUT2D eigenvalue weighted by molar-refractivity contribution is 6.07. The van der Waals surface area contributed by atoms with E-state index in [9.17, 15) is 4.79 Å². The molecule has 0 aliphatic carbocycles. The molecule has 1 aromatic carbocycles. The average molecular weight is 360 g/mol. The topological polar surface area (TPSA) is 67.2 Å². The minimum absolute atomic E-state index is 0.108. The van der Waals surface area contributed by atoms with E-state index in [1.165, 1.54) is 0 Å². The molecule has 3 aromatic rings. The van der Waals surface area contributed by atoms with Crippen LogP contribution in [0.25, 0.3) is 17.3 Å². The van der Waals surface area contributed by atoms with E-state index in [0.29, 0.717) is 5.95 Å².